The van der Waals surface area contributed by atoms with Crippen molar-refractivity contribution in [2.45, 2.75) is 6.10 Å². The Morgan fingerprint density at radius 1 is 1.03 bits per heavy atom. The molecular weight excluding hydrogens is 390 g/mol. The number of benzene rings is 3. The van der Waals surface area contributed by atoms with Crippen molar-refractivity contribution in [3.63, 3.8) is 0 Å². The van der Waals surface area contributed by atoms with E-state index < -0.39 is 6.10 Å². The summed E-state index contributed by atoms with van der Waals surface area (Å²) in [6.07, 6.45) is -0.796. The van der Waals surface area contributed by atoms with E-state index in [9.17, 15) is 9.90 Å². The minimum absolute atomic E-state index is 0.0723. The third-order valence-corrected chi connectivity index (χ3v) is 4.53. The van der Waals surface area contributed by atoms with Crippen LogP contribution in [0, 0.1) is 0 Å². The van der Waals surface area contributed by atoms with Gasteiger partial charge in [-0.25, -0.2) is 0 Å². The van der Waals surface area contributed by atoms with Crippen LogP contribution in [0.2, 0.25) is 5.02 Å². The maximum Gasteiger partial charge on any atom is 0.195 e. The first-order valence-electron chi connectivity index (χ1n) is 9.15. The van der Waals surface area contributed by atoms with Crippen molar-refractivity contribution in [1.82, 2.24) is 0 Å². The number of ether oxygens (including phenoxy) is 2. The Kier molecular flexibility index (Phi) is 7.11. The molecule has 0 aliphatic carbocycles. The van der Waals surface area contributed by atoms with Gasteiger partial charge in [-0.1, -0.05) is 54.1 Å². The number of methoxy groups -OCH3 is 1. The van der Waals surface area contributed by atoms with Gasteiger partial charge in [0.25, 0.3) is 0 Å². The van der Waals surface area contributed by atoms with E-state index in [0.29, 0.717) is 33.3 Å². The molecule has 0 unspecified atom stereocenters. The highest BCUT2D eigenvalue weighted by Crippen LogP contribution is 2.26. The molecule has 0 amide bonds. The number of carbonyl (C=O) groups is 1. The molecule has 0 saturated carbocycles. The van der Waals surface area contributed by atoms with E-state index in [1.165, 1.54) is 0 Å². The Morgan fingerprint density at radius 3 is 2.45 bits per heavy atom. The number of hydrogen-bond donors (Lipinski definition) is 2. The first-order valence-corrected chi connectivity index (χ1v) is 9.53. The second-order valence-electron chi connectivity index (χ2n) is 6.38. The van der Waals surface area contributed by atoms with Crippen LogP contribution in [0.25, 0.3) is 0 Å². The van der Waals surface area contributed by atoms with Crippen LogP contribution in [0.3, 0.4) is 0 Å². The number of anilines is 1. The van der Waals surface area contributed by atoms with E-state index in [1.54, 1.807) is 49.6 Å². The number of rotatable bonds is 9. The fraction of sp³-hybridized carbons (Fsp3) is 0.174. The minimum atomic E-state index is -0.796. The zero-order valence-corrected chi connectivity index (χ0v) is 16.7. The summed E-state index contributed by atoms with van der Waals surface area (Å²) >= 11 is 6.10. The molecule has 1 atom stereocenters. The Morgan fingerprint density at radius 2 is 1.72 bits per heavy atom. The molecule has 0 aliphatic heterocycles. The second kappa shape index (κ2) is 9.96. The van der Waals surface area contributed by atoms with Gasteiger partial charge in [0.05, 0.1) is 7.11 Å². The predicted molar refractivity (Wildman–Crippen MR) is 114 cm³/mol. The largest absolute Gasteiger partial charge is 0.493 e. The van der Waals surface area contributed by atoms with Gasteiger partial charge in [-0.2, -0.15) is 0 Å². The predicted octanol–water partition coefficient (Wildman–Crippen LogP) is 4.43. The number of ketones is 1. The Hall–Kier alpha value is -3.02. The van der Waals surface area contributed by atoms with Gasteiger partial charge in [0, 0.05) is 28.4 Å². The molecule has 6 heteroatoms. The first-order chi connectivity index (χ1) is 14.1. The maximum atomic E-state index is 12.8. The molecule has 0 radical (unpaired) electrons. The number of carbonyl (C=O) groups excluding carboxylic acids is 1. The van der Waals surface area contributed by atoms with Crippen LogP contribution in [0.4, 0.5) is 5.69 Å². The number of halogens is 1. The molecule has 3 rings (SSSR count). The van der Waals surface area contributed by atoms with Crippen molar-refractivity contribution in [3.8, 4) is 11.5 Å². The lowest BCUT2D eigenvalue weighted by Crippen LogP contribution is -2.27. The standard InChI is InChI=1S/C23H22ClNO4/c1-28-21-9-5-6-10-22(21)29-15-18(26)14-25-20-12-11-17(24)13-19(20)23(27)16-7-3-2-4-8-16/h2-13,18,25-26H,14-15H2,1H3/t18-/m0/s1. The van der Waals surface area contributed by atoms with Crippen LogP contribution in [-0.4, -0.2) is 37.3 Å². The summed E-state index contributed by atoms with van der Waals surface area (Å²) in [5.41, 5.74) is 1.61. The van der Waals surface area contributed by atoms with Gasteiger partial charge in [0.1, 0.15) is 12.7 Å². The van der Waals surface area contributed by atoms with Gasteiger partial charge in [-0.3, -0.25) is 4.79 Å². The molecule has 29 heavy (non-hydrogen) atoms. The van der Waals surface area contributed by atoms with Crippen molar-refractivity contribution in [3.05, 3.63) is 88.9 Å². The third kappa shape index (κ3) is 5.50. The van der Waals surface area contributed by atoms with E-state index in [0.717, 1.165) is 0 Å². The summed E-state index contributed by atoms with van der Waals surface area (Å²) in [7, 11) is 1.56. The number of hydrogen-bond acceptors (Lipinski definition) is 5. The van der Waals surface area contributed by atoms with E-state index in [1.807, 2.05) is 30.3 Å². The average Bonchev–Trinajstić information content (AvgIpc) is 2.77. The molecule has 3 aromatic carbocycles. The Labute approximate surface area is 174 Å². The van der Waals surface area contributed by atoms with E-state index in [2.05, 4.69) is 5.32 Å². The van der Waals surface area contributed by atoms with Crippen LogP contribution >= 0.6 is 11.6 Å². The Balaban J connectivity index is 1.65. The van der Waals surface area contributed by atoms with Crippen LogP contribution in [0.5, 0.6) is 11.5 Å². The topological polar surface area (TPSA) is 67.8 Å². The quantitative estimate of drug-likeness (QED) is 0.510. The highest BCUT2D eigenvalue weighted by Gasteiger charge is 2.15. The van der Waals surface area contributed by atoms with Crippen LogP contribution in [-0.2, 0) is 0 Å². The van der Waals surface area contributed by atoms with Gasteiger partial charge < -0.3 is 19.9 Å². The summed E-state index contributed by atoms with van der Waals surface area (Å²) in [5.74, 6) is 1.01. The fourth-order valence-corrected chi connectivity index (χ4v) is 2.99. The number of nitrogens with one attached hydrogen (secondary N) is 1. The summed E-state index contributed by atoms with van der Waals surface area (Å²) in [4.78, 5) is 12.8. The van der Waals surface area contributed by atoms with E-state index in [4.69, 9.17) is 21.1 Å². The lowest BCUT2D eigenvalue weighted by Gasteiger charge is -2.17. The zero-order chi connectivity index (χ0) is 20.6. The monoisotopic (exact) mass is 411 g/mol. The Bertz CT molecular complexity index is 962. The lowest BCUT2D eigenvalue weighted by atomic mass is 10.0. The first kappa shape index (κ1) is 20.7. The molecule has 0 fully saturated rings. The molecule has 3 aromatic rings. The molecular formula is C23H22ClNO4. The van der Waals surface area contributed by atoms with Gasteiger partial charge in [0.15, 0.2) is 17.3 Å². The molecule has 2 N–H and O–H groups in total. The third-order valence-electron chi connectivity index (χ3n) is 4.29. The summed E-state index contributed by atoms with van der Waals surface area (Å²) in [6, 6.07) is 21.3. The highest BCUT2D eigenvalue weighted by molar-refractivity contribution is 6.31. The number of aliphatic hydroxyl groups excluding tert-OH is 1. The molecule has 0 saturated heterocycles. The molecule has 0 heterocycles. The van der Waals surface area contributed by atoms with Gasteiger partial charge in [0.2, 0.25) is 0 Å². The van der Waals surface area contributed by atoms with Crippen LogP contribution in [0.15, 0.2) is 72.8 Å². The minimum Gasteiger partial charge on any atom is -0.493 e. The molecule has 5 nitrogen and oxygen atoms in total. The van der Waals surface area contributed by atoms with Crippen LogP contribution < -0.4 is 14.8 Å². The SMILES string of the molecule is COc1ccccc1OC[C@@H](O)CNc1ccc(Cl)cc1C(=O)c1ccccc1. The zero-order valence-electron chi connectivity index (χ0n) is 16.0. The van der Waals surface area contributed by atoms with Gasteiger partial charge in [-0.15, -0.1) is 0 Å². The van der Waals surface area contributed by atoms with Crippen molar-refractivity contribution in [2.24, 2.45) is 0 Å². The van der Waals surface area contributed by atoms with Crippen molar-refractivity contribution in [1.29, 1.82) is 0 Å². The summed E-state index contributed by atoms with van der Waals surface area (Å²) in [6.45, 7) is 0.273. The van der Waals surface area contributed by atoms with E-state index >= 15 is 0 Å². The molecule has 150 valence electrons. The van der Waals surface area contributed by atoms with E-state index in [-0.39, 0.29) is 18.9 Å². The molecule has 0 bridgehead atoms. The average molecular weight is 412 g/mol. The smallest absolute Gasteiger partial charge is 0.195 e. The van der Waals surface area contributed by atoms with Crippen molar-refractivity contribution in [2.75, 3.05) is 25.6 Å². The summed E-state index contributed by atoms with van der Waals surface area (Å²) in [5, 5.41) is 13.9. The van der Waals surface area contributed by atoms with Crippen LogP contribution in [0.1, 0.15) is 15.9 Å². The lowest BCUT2D eigenvalue weighted by molar-refractivity contribution is 0.103. The molecule has 0 aliphatic rings. The van der Waals surface area contributed by atoms with Gasteiger partial charge in [-0.05, 0) is 30.3 Å². The van der Waals surface area contributed by atoms with Crippen molar-refractivity contribution >= 4 is 23.1 Å². The fourth-order valence-electron chi connectivity index (χ4n) is 2.81. The maximum absolute atomic E-state index is 12.8. The van der Waals surface area contributed by atoms with Crippen molar-refractivity contribution < 1.29 is 19.4 Å². The molecule has 0 aromatic heterocycles. The normalized spacial score (nSPS) is 11.6. The van der Waals surface area contributed by atoms with Gasteiger partial charge >= 0.3 is 0 Å². The highest BCUT2D eigenvalue weighted by atomic mass is 35.5. The number of aliphatic hydroxyl groups is 1. The second-order valence-corrected chi connectivity index (χ2v) is 6.82. The summed E-state index contributed by atoms with van der Waals surface area (Å²) < 4.78 is 10.9. The molecule has 0 spiro atoms. The number of para-hydroxylation sites is 2.